The molecule has 0 radical (unpaired) electrons. The van der Waals surface area contributed by atoms with Gasteiger partial charge >= 0.3 is 0 Å². The van der Waals surface area contributed by atoms with Crippen LogP contribution in [-0.2, 0) is 13.6 Å². The minimum absolute atomic E-state index is 0.607. The second-order valence-corrected chi connectivity index (χ2v) is 6.02. The van der Waals surface area contributed by atoms with Crippen LogP contribution in [0.5, 0.6) is 0 Å². The van der Waals surface area contributed by atoms with E-state index in [0.29, 0.717) is 12.4 Å². The van der Waals surface area contributed by atoms with Gasteiger partial charge in [-0.2, -0.15) is 0 Å². The number of benzene rings is 2. The standard InChI is InChI=1S/C20H19N3O2/c1-23-11-10-21-20(23)19(24)14-6-8-16(9-7-14)22-13-17-12-15-4-2-3-5-18(15)25-17/h2-12,19,22,24H,13H2,1H3. The van der Waals surface area contributed by atoms with Gasteiger partial charge in [-0.15, -0.1) is 0 Å². The summed E-state index contributed by atoms with van der Waals surface area (Å²) in [7, 11) is 1.87. The molecule has 1 atom stereocenters. The average Bonchev–Trinajstić information content (AvgIpc) is 3.25. The van der Waals surface area contributed by atoms with E-state index in [9.17, 15) is 5.11 Å². The molecule has 4 aromatic rings. The highest BCUT2D eigenvalue weighted by Crippen LogP contribution is 2.23. The summed E-state index contributed by atoms with van der Waals surface area (Å²) in [5.41, 5.74) is 2.67. The smallest absolute Gasteiger partial charge is 0.142 e. The predicted octanol–water partition coefficient (Wildman–Crippen LogP) is 3.86. The molecule has 5 heteroatoms. The summed E-state index contributed by atoms with van der Waals surface area (Å²) in [4.78, 5) is 4.20. The van der Waals surface area contributed by atoms with Crippen molar-refractivity contribution in [3.63, 3.8) is 0 Å². The first kappa shape index (κ1) is 15.5. The molecule has 0 aliphatic carbocycles. The van der Waals surface area contributed by atoms with Gasteiger partial charge in [-0.1, -0.05) is 30.3 Å². The topological polar surface area (TPSA) is 63.2 Å². The van der Waals surface area contributed by atoms with Gasteiger partial charge in [-0.25, -0.2) is 4.98 Å². The molecule has 0 aliphatic rings. The fourth-order valence-electron chi connectivity index (χ4n) is 2.89. The third kappa shape index (κ3) is 3.14. The molecule has 0 saturated heterocycles. The predicted molar refractivity (Wildman–Crippen MR) is 97.3 cm³/mol. The summed E-state index contributed by atoms with van der Waals surface area (Å²) in [6.45, 7) is 0.607. The zero-order chi connectivity index (χ0) is 17.2. The van der Waals surface area contributed by atoms with E-state index in [1.54, 1.807) is 6.20 Å². The van der Waals surface area contributed by atoms with Crippen molar-refractivity contribution < 1.29 is 9.52 Å². The molecule has 2 heterocycles. The molecule has 0 amide bonds. The van der Waals surface area contributed by atoms with E-state index in [0.717, 1.165) is 28.0 Å². The van der Waals surface area contributed by atoms with Crippen molar-refractivity contribution in [1.82, 2.24) is 9.55 Å². The van der Waals surface area contributed by atoms with Gasteiger partial charge in [0.15, 0.2) is 0 Å². The van der Waals surface area contributed by atoms with Gasteiger partial charge in [0.05, 0.1) is 6.54 Å². The normalized spacial score (nSPS) is 12.4. The van der Waals surface area contributed by atoms with Crippen LogP contribution in [0.25, 0.3) is 11.0 Å². The van der Waals surface area contributed by atoms with E-state index in [1.807, 2.05) is 72.4 Å². The van der Waals surface area contributed by atoms with Crippen molar-refractivity contribution in [3.8, 4) is 0 Å². The lowest BCUT2D eigenvalue weighted by Gasteiger charge is -2.12. The number of aromatic nitrogens is 2. The molecule has 0 fully saturated rings. The minimum Gasteiger partial charge on any atom is -0.459 e. The Bertz CT molecular complexity index is 953. The van der Waals surface area contributed by atoms with Crippen LogP contribution in [0.4, 0.5) is 5.69 Å². The lowest BCUT2D eigenvalue weighted by molar-refractivity contribution is 0.206. The van der Waals surface area contributed by atoms with Crippen LogP contribution >= 0.6 is 0 Å². The zero-order valence-electron chi connectivity index (χ0n) is 13.9. The maximum absolute atomic E-state index is 10.4. The van der Waals surface area contributed by atoms with E-state index in [1.165, 1.54) is 0 Å². The number of hydrogen-bond acceptors (Lipinski definition) is 4. The van der Waals surface area contributed by atoms with Crippen molar-refractivity contribution in [1.29, 1.82) is 0 Å². The molecule has 126 valence electrons. The molecular formula is C20H19N3O2. The highest BCUT2D eigenvalue weighted by Gasteiger charge is 2.14. The Morgan fingerprint density at radius 1 is 1.16 bits per heavy atom. The number of furan rings is 1. The SMILES string of the molecule is Cn1ccnc1C(O)c1ccc(NCc2cc3ccccc3o2)cc1. The number of aliphatic hydroxyl groups excluding tert-OH is 1. The third-order valence-corrected chi connectivity index (χ3v) is 4.27. The molecule has 0 aliphatic heterocycles. The van der Waals surface area contributed by atoms with Crippen LogP contribution in [-0.4, -0.2) is 14.7 Å². The monoisotopic (exact) mass is 333 g/mol. The molecule has 0 bridgehead atoms. The fourth-order valence-corrected chi connectivity index (χ4v) is 2.89. The third-order valence-electron chi connectivity index (χ3n) is 4.27. The molecule has 1 unspecified atom stereocenters. The lowest BCUT2D eigenvalue weighted by Crippen LogP contribution is -2.07. The van der Waals surface area contributed by atoms with E-state index >= 15 is 0 Å². The zero-order valence-corrected chi connectivity index (χ0v) is 13.9. The van der Waals surface area contributed by atoms with Crippen molar-refractivity contribution in [2.45, 2.75) is 12.6 Å². The highest BCUT2D eigenvalue weighted by molar-refractivity contribution is 5.77. The van der Waals surface area contributed by atoms with Gasteiger partial charge < -0.3 is 19.4 Å². The van der Waals surface area contributed by atoms with E-state index < -0.39 is 6.10 Å². The van der Waals surface area contributed by atoms with Crippen LogP contribution in [0.2, 0.25) is 0 Å². The molecule has 0 spiro atoms. The Hall–Kier alpha value is -3.05. The van der Waals surface area contributed by atoms with Crippen molar-refractivity contribution in [3.05, 3.63) is 84.1 Å². The number of rotatable bonds is 5. The molecule has 2 aromatic carbocycles. The molecule has 2 N–H and O–H groups in total. The molecule has 2 aromatic heterocycles. The Morgan fingerprint density at radius 2 is 1.96 bits per heavy atom. The first-order chi connectivity index (χ1) is 12.2. The molecule has 25 heavy (non-hydrogen) atoms. The maximum Gasteiger partial charge on any atom is 0.142 e. The highest BCUT2D eigenvalue weighted by atomic mass is 16.3. The number of para-hydroxylation sites is 1. The van der Waals surface area contributed by atoms with Gasteiger partial charge in [0, 0.05) is 30.5 Å². The summed E-state index contributed by atoms with van der Waals surface area (Å²) in [5.74, 6) is 1.52. The van der Waals surface area contributed by atoms with Gasteiger partial charge in [-0.05, 0) is 29.8 Å². The number of anilines is 1. The molecule has 0 saturated carbocycles. The van der Waals surface area contributed by atoms with Crippen molar-refractivity contribution in [2.24, 2.45) is 7.05 Å². The van der Waals surface area contributed by atoms with Crippen LogP contribution in [0, 0.1) is 0 Å². The van der Waals surface area contributed by atoms with Crippen molar-refractivity contribution >= 4 is 16.7 Å². The summed E-state index contributed by atoms with van der Waals surface area (Å²) in [5, 5.41) is 14.9. The second kappa shape index (κ2) is 6.45. The quantitative estimate of drug-likeness (QED) is 0.582. The Kier molecular flexibility index (Phi) is 3.99. The maximum atomic E-state index is 10.4. The van der Waals surface area contributed by atoms with E-state index in [-0.39, 0.29) is 0 Å². The van der Waals surface area contributed by atoms with Gasteiger partial charge in [0.1, 0.15) is 23.3 Å². The Morgan fingerprint density at radius 3 is 2.68 bits per heavy atom. The summed E-state index contributed by atoms with van der Waals surface area (Å²) in [6, 6.07) is 17.7. The summed E-state index contributed by atoms with van der Waals surface area (Å²) < 4.78 is 7.62. The van der Waals surface area contributed by atoms with Crippen LogP contribution in [0.3, 0.4) is 0 Å². The first-order valence-corrected chi connectivity index (χ1v) is 8.17. The van der Waals surface area contributed by atoms with Crippen LogP contribution in [0.1, 0.15) is 23.3 Å². The van der Waals surface area contributed by atoms with E-state index in [2.05, 4.69) is 10.3 Å². The second-order valence-electron chi connectivity index (χ2n) is 6.02. The number of nitrogens with one attached hydrogen (secondary N) is 1. The minimum atomic E-state index is -0.732. The number of aliphatic hydroxyl groups is 1. The number of nitrogens with zero attached hydrogens (tertiary/aromatic N) is 2. The fraction of sp³-hybridized carbons (Fsp3) is 0.150. The van der Waals surface area contributed by atoms with Gasteiger partial charge in [0.25, 0.3) is 0 Å². The Balaban J connectivity index is 1.44. The van der Waals surface area contributed by atoms with E-state index in [4.69, 9.17) is 4.42 Å². The lowest BCUT2D eigenvalue weighted by atomic mass is 10.1. The number of fused-ring (bicyclic) bond motifs is 1. The largest absolute Gasteiger partial charge is 0.459 e. The first-order valence-electron chi connectivity index (χ1n) is 8.17. The Labute approximate surface area is 145 Å². The number of imidazole rings is 1. The number of hydrogen-bond donors (Lipinski definition) is 2. The number of aryl methyl sites for hydroxylation is 1. The molecule has 4 rings (SSSR count). The van der Waals surface area contributed by atoms with Gasteiger partial charge in [-0.3, -0.25) is 0 Å². The van der Waals surface area contributed by atoms with Gasteiger partial charge in [0.2, 0.25) is 0 Å². The summed E-state index contributed by atoms with van der Waals surface area (Å²) >= 11 is 0. The van der Waals surface area contributed by atoms with Crippen LogP contribution < -0.4 is 5.32 Å². The molecular weight excluding hydrogens is 314 g/mol. The molecule has 5 nitrogen and oxygen atoms in total. The van der Waals surface area contributed by atoms with Crippen LogP contribution in [0.15, 0.2) is 71.4 Å². The van der Waals surface area contributed by atoms with Crippen molar-refractivity contribution in [2.75, 3.05) is 5.32 Å². The summed E-state index contributed by atoms with van der Waals surface area (Å²) in [6.07, 6.45) is 2.77. The average molecular weight is 333 g/mol.